The Morgan fingerprint density at radius 1 is 1.11 bits per heavy atom. The summed E-state index contributed by atoms with van der Waals surface area (Å²) in [7, 11) is 0.871. The molecule has 0 fully saturated rings. The van der Waals surface area contributed by atoms with E-state index in [1.807, 2.05) is 0 Å². The maximum absolute atomic E-state index is 12.3. The van der Waals surface area contributed by atoms with E-state index in [9.17, 15) is 13.2 Å². The second kappa shape index (κ2) is 7.34. The fourth-order valence-electron chi connectivity index (χ4n) is 2.39. The Bertz CT molecular complexity index is 1040. The van der Waals surface area contributed by atoms with Crippen LogP contribution in [0.5, 0.6) is 5.75 Å². The highest BCUT2D eigenvalue weighted by Crippen LogP contribution is 2.22. The second-order valence-electron chi connectivity index (χ2n) is 5.92. The zero-order chi connectivity index (χ0) is 19.6. The van der Waals surface area contributed by atoms with E-state index in [1.54, 1.807) is 49.6 Å². The molecule has 1 heterocycles. The number of nitrogens with zero attached hydrogens (tertiary/aromatic N) is 2. The summed E-state index contributed by atoms with van der Waals surface area (Å²) < 4.78 is 36.0. The van der Waals surface area contributed by atoms with E-state index in [0.717, 1.165) is 9.87 Å². The molecular formula is C19H18N2O5S. The van der Waals surface area contributed by atoms with E-state index in [-0.39, 0.29) is 16.5 Å². The Balaban J connectivity index is 1.93. The minimum atomic E-state index is -3.60. The third kappa shape index (κ3) is 3.91. The van der Waals surface area contributed by atoms with E-state index >= 15 is 0 Å². The van der Waals surface area contributed by atoms with Crippen molar-refractivity contribution in [2.24, 2.45) is 4.99 Å². The summed E-state index contributed by atoms with van der Waals surface area (Å²) in [5, 5.41) is 0. The van der Waals surface area contributed by atoms with Crippen LogP contribution in [0.3, 0.4) is 0 Å². The van der Waals surface area contributed by atoms with Gasteiger partial charge in [-0.05, 0) is 42.0 Å². The number of sulfonamides is 1. The number of benzene rings is 2. The quantitative estimate of drug-likeness (QED) is 0.581. The Morgan fingerprint density at radius 3 is 2.44 bits per heavy atom. The fraction of sp³-hybridized carbons (Fsp3) is 0.158. The molecule has 140 valence electrons. The van der Waals surface area contributed by atoms with Crippen LogP contribution < -0.4 is 4.74 Å². The number of cyclic esters (lactones) is 1. The molecule has 8 heteroatoms. The number of methoxy groups -OCH3 is 1. The van der Waals surface area contributed by atoms with Crippen LogP contribution >= 0.6 is 0 Å². The molecule has 2 aromatic carbocycles. The Labute approximate surface area is 157 Å². The topological polar surface area (TPSA) is 85.3 Å². The van der Waals surface area contributed by atoms with Crippen LogP contribution in [-0.4, -0.2) is 45.8 Å². The highest BCUT2D eigenvalue weighted by molar-refractivity contribution is 7.89. The maximum atomic E-state index is 12.3. The highest BCUT2D eigenvalue weighted by Gasteiger charge is 2.26. The minimum absolute atomic E-state index is 0.0653. The summed E-state index contributed by atoms with van der Waals surface area (Å²) in [6.07, 6.45) is 1.59. The van der Waals surface area contributed by atoms with Crippen LogP contribution in [0.1, 0.15) is 11.1 Å². The second-order valence-corrected chi connectivity index (χ2v) is 8.08. The van der Waals surface area contributed by atoms with Gasteiger partial charge in [-0.3, -0.25) is 0 Å². The average Bonchev–Trinajstić information content (AvgIpc) is 3.03. The number of carbonyl (C=O) groups is 1. The summed E-state index contributed by atoms with van der Waals surface area (Å²) in [4.78, 5) is 16.4. The fourth-order valence-corrected chi connectivity index (χ4v) is 3.34. The number of hydrogen-bond acceptors (Lipinski definition) is 6. The van der Waals surface area contributed by atoms with E-state index in [0.29, 0.717) is 11.3 Å². The van der Waals surface area contributed by atoms with Crippen LogP contribution in [-0.2, 0) is 19.6 Å². The first-order chi connectivity index (χ1) is 12.8. The molecule has 0 unspecified atom stereocenters. The molecule has 0 N–H and O–H groups in total. The van der Waals surface area contributed by atoms with Gasteiger partial charge in [-0.2, -0.15) is 0 Å². The lowest BCUT2D eigenvalue weighted by molar-refractivity contribution is -0.129. The first-order valence-corrected chi connectivity index (χ1v) is 9.45. The van der Waals surface area contributed by atoms with Crippen LogP contribution in [0.25, 0.3) is 6.08 Å². The van der Waals surface area contributed by atoms with Crippen molar-refractivity contribution in [3.8, 4) is 5.75 Å². The zero-order valence-electron chi connectivity index (χ0n) is 15.0. The first-order valence-electron chi connectivity index (χ1n) is 8.01. The van der Waals surface area contributed by atoms with Crippen molar-refractivity contribution in [3.63, 3.8) is 0 Å². The number of esters is 1. The minimum Gasteiger partial charge on any atom is -0.497 e. The predicted octanol–water partition coefficient (Wildman–Crippen LogP) is 2.29. The summed E-state index contributed by atoms with van der Waals surface area (Å²) in [5.74, 6) is 0.173. The van der Waals surface area contributed by atoms with Crippen molar-refractivity contribution >= 4 is 28.0 Å². The van der Waals surface area contributed by atoms with Crippen molar-refractivity contribution in [2.45, 2.75) is 4.90 Å². The molecule has 0 saturated carbocycles. The third-order valence-electron chi connectivity index (χ3n) is 3.90. The molecule has 0 radical (unpaired) electrons. The van der Waals surface area contributed by atoms with Gasteiger partial charge in [-0.25, -0.2) is 22.5 Å². The Morgan fingerprint density at radius 2 is 1.81 bits per heavy atom. The number of carbonyl (C=O) groups excluding carboxylic acids is 1. The molecule has 0 saturated heterocycles. The van der Waals surface area contributed by atoms with Gasteiger partial charge in [0.05, 0.1) is 12.0 Å². The van der Waals surface area contributed by atoms with Gasteiger partial charge in [0.15, 0.2) is 5.70 Å². The normalized spacial score (nSPS) is 15.8. The lowest BCUT2D eigenvalue weighted by Crippen LogP contribution is -2.22. The average molecular weight is 386 g/mol. The molecule has 0 aromatic heterocycles. The van der Waals surface area contributed by atoms with Gasteiger partial charge in [0.1, 0.15) is 5.75 Å². The van der Waals surface area contributed by atoms with Gasteiger partial charge in [-0.1, -0.05) is 18.2 Å². The lowest BCUT2D eigenvalue weighted by Gasteiger charge is -2.11. The molecule has 2 aromatic rings. The molecule has 7 nitrogen and oxygen atoms in total. The molecule has 0 aliphatic carbocycles. The van der Waals surface area contributed by atoms with Gasteiger partial charge in [0.2, 0.25) is 15.9 Å². The van der Waals surface area contributed by atoms with Crippen LogP contribution in [0.15, 0.2) is 64.1 Å². The van der Waals surface area contributed by atoms with Gasteiger partial charge in [0.25, 0.3) is 0 Å². The van der Waals surface area contributed by atoms with Crippen molar-refractivity contribution in [1.29, 1.82) is 0 Å². The van der Waals surface area contributed by atoms with Crippen molar-refractivity contribution in [3.05, 3.63) is 65.4 Å². The maximum Gasteiger partial charge on any atom is 0.363 e. The van der Waals surface area contributed by atoms with Gasteiger partial charge in [0, 0.05) is 19.7 Å². The smallest absolute Gasteiger partial charge is 0.363 e. The zero-order valence-corrected chi connectivity index (χ0v) is 15.9. The van der Waals surface area contributed by atoms with E-state index in [2.05, 4.69) is 4.99 Å². The summed E-state index contributed by atoms with van der Waals surface area (Å²) >= 11 is 0. The van der Waals surface area contributed by atoms with Crippen LogP contribution in [0.4, 0.5) is 0 Å². The monoisotopic (exact) mass is 386 g/mol. The molecule has 27 heavy (non-hydrogen) atoms. The van der Waals surface area contributed by atoms with Crippen molar-refractivity contribution < 1.29 is 22.7 Å². The van der Waals surface area contributed by atoms with E-state index in [1.165, 1.54) is 26.2 Å². The largest absolute Gasteiger partial charge is 0.497 e. The molecule has 3 rings (SSSR count). The number of aliphatic imine (C=N–C) groups is 1. The first kappa shape index (κ1) is 18.8. The Hall–Kier alpha value is -2.97. The van der Waals surface area contributed by atoms with E-state index < -0.39 is 16.0 Å². The van der Waals surface area contributed by atoms with Gasteiger partial charge in [-0.15, -0.1) is 0 Å². The van der Waals surface area contributed by atoms with Crippen molar-refractivity contribution in [2.75, 3.05) is 21.2 Å². The third-order valence-corrected chi connectivity index (χ3v) is 5.71. The SMILES string of the molecule is COc1ccc(C=C2N=C(c3cccc(S(=O)(=O)N(C)C)c3)OC2=O)cc1. The summed E-state index contributed by atoms with van der Waals surface area (Å²) in [5.41, 5.74) is 1.30. The number of ether oxygens (including phenoxy) is 2. The number of hydrogen-bond donors (Lipinski definition) is 0. The standard InChI is InChI=1S/C19H18N2O5S/c1-21(2)27(23,24)16-6-4-5-14(12-16)18-20-17(19(22)26-18)11-13-7-9-15(25-3)10-8-13/h4-12H,1-3H3. The van der Waals surface area contributed by atoms with Gasteiger partial charge >= 0.3 is 5.97 Å². The molecule has 0 bridgehead atoms. The highest BCUT2D eigenvalue weighted by atomic mass is 32.2. The molecule has 0 spiro atoms. The predicted molar refractivity (Wildman–Crippen MR) is 101 cm³/mol. The van der Waals surface area contributed by atoms with E-state index in [4.69, 9.17) is 9.47 Å². The molecule has 0 atom stereocenters. The number of rotatable bonds is 5. The molecular weight excluding hydrogens is 368 g/mol. The molecule has 0 amide bonds. The van der Waals surface area contributed by atoms with Crippen LogP contribution in [0.2, 0.25) is 0 Å². The molecule has 1 aliphatic rings. The summed E-state index contributed by atoms with van der Waals surface area (Å²) in [6.45, 7) is 0. The summed E-state index contributed by atoms with van der Waals surface area (Å²) in [6, 6.07) is 13.2. The Kier molecular flexibility index (Phi) is 5.11. The molecule has 1 aliphatic heterocycles. The van der Waals surface area contributed by atoms with Crippen molar-refractivity contribution in [1.82, 2.24) is 4.31 Å². The van der Waals surface area contributed by atoms with Gasteiger partial charge < -0.3 is 9.47 Å². The van der Waals surface area contributed by atoms with Crippen LogP contribution in [0, 0.1) is 0 Å². The lowest BCUT2D eigenvalue weighted by atomic mass is 10.2.